The van der Waals surface area contributed by atoms with Crippen LogP contribution in [0.5, 0.6) is 0 Å². The van der Waals surface area contributed by atoms with Crippen LogP contribution in [0.4, 0.5) is 22.2 Å². The highest BCUT2D eigenvalue weighted by atomic mass is 32.2. The minimum Gasteiger partial charge on any atom is -0.444 e. The number of sulfonamides is 1. The van der Waals surface area contributed by atoms with Gasteiger partial charge in [0.2, 0.25) is 21.9 Å². The van der Waals surface area contributed by atoms with Crippen molar-refractivity contribution >= 4 is 39.5 Å². The summed E-state index contributed by atoms with van der Waals surface area (Å²) in [5, 5.41) is 10.5. The number of hydrogen-bond acceptors (Lipinski definition) is 8. The van der Waals surface area contributed by atoms with E-state index in [9.17, 15) is 18.0 Å². The average Bonchev–Trinajstić information content (AvgIpc) is 2.60. The number of nitrogens with zero attached hydrogens (tertiary/aromatic N) is 3. The largest absolute Gasteiger partial charge is 0.444 e. The Balaban J connectivity index is 1.98. The molecule has 12 heteroatoms. The van der Waals surface area contributed by atoms with E-state index in [4.69, 9.17) is 9.88 Å². The Morgan fingerprint density at radius 2 is 1.80 bits per heavy atom. The first kappa shape index (κ1) is 23.0. The molecule has 162 valence electrons. The number of carbonyl (C=O) groups excluding carboxylic acids is 2. The van der Waals surface area contributed by atoms with Crippen molar-refractivity contribution in [1.82, 2.24) is 14.9 Å². The Bertz CT molecular complexity index is 1020. The van der Waals surface area contributed by atoms with Gasteiger partial charge in [0, 0.05) is 18.9 Å². The molecule has 0 aliphatic rings. The maximum atomic E-state index is 12.2. The number of anilines is 3. The van der Waals surface area contributed by atoms with E-state index < -0.39 is 27.6 Å². The molecule has 0 fully saturated rings. The van der Waals surface area contributed by atoms with Crippen LogP contribution in [0.3, 0.4) is 0 Å². The van der Waals surface area contributed by atoms with Gasteiger partial charge in [-0.25, -0.2) is 23.3 Å². The van der Waals surface area contributed by atoms with E-state index >= 15 is 0 Å². The van der Waals surface area contributed by atoms with Crippen molar-refractivity contribution in [2.75, 3.05) is 24.2 Å². The summed E-state index contributed by atoms with van der Waals surface area (Å²) in [6.07, 6.45) is 0.804. The number of benzene rings is 1. The molecule has 1 aromatic carbocycles. The van der Waals surface area contributed by atoms with Crippen LogP contribution >= 0.6 is 0 Å². The first-order valence-corrected chi connectivity index (χ1v) is 10.3. The normalized spacial score (nSPS) is 11.5. The van der Waals surface area contributed by atoms with Crippen LogP contribution in [0.2, 0.25) is 0 Å². The molecule has 1 aromatic heterocycles. The molecule has 0 atom stereocenters. The van der Waals surface area contributed by atoms with Crippen LogP contribution in [0, 0.1) is 0 Å². The number of ether oxygens (including phenoxy) is 1. The lowest BCUT2D eigenvalue weighted by molar-refractivity contribution is -0.117. The number of likely N-dealkylation sites (N-methyl/N-ethyl adjacent to an activating group) is 1. The summed E-state index contributed by atoms with van der Waals surface area (Å²) in [6, 6.07) is 7.32. The van der Waals surface area contributed by atoms with Crippen LogP contribution in [0.1, 0.15) is 20.8 Å². The molecule has 0 spiro atoms. The van der Waals surface area contributed by atoms with E-state index in [0.29, 0.717) is 11.5 Å². The van der Waals surface area contributed by atoms with Gasteiger partial charge < -0.3 is 15.0 Å². The number of rotatable bonds is 6. The van der Waals surface area contributed by atoms with E-state index in [2.05, 4.69) is 20.6 Å². The maximum absolute atomic E-state index is 12.2. The topological polar surface area (TPSA) is 157 Å². The van der Waals surface area contributed by atoms with E-state index in [-0.39, 0.29) is 17.4 Å². The highest BCUT2D eigenvalue weighted by molar-refractivity contribution is 7.89. The van der Waals surface area contributed by atoms with Crippen molar-refractivity contribution in [3.05, 3.63) is 36.5 Å². The van der Waals surface area contributed by atoms with Crippen molar-refractivity contribution in [2.45, 2.75) is 31.3 Å². The molecule has 0 aliphatic heterocycles. The van der Waals surface area contributed by atoms with E-state index in [1.807, 2.05) is 0 Å². The summed E-state index contributed by atoms with van der Waals surface area (Å²) >= 11 is 0. The number of primary sulfonamides is 1. The quantitative estimate of drug-likeness (QED) is 0.617. The van der Waals surface area contributed by atoms with Crippen molar-refractivity contribution in [3.8, 4) is 0 Å². The molecule has 0 saturated carbocycles. The molecule has 0 unspecified atom stereocenters. The van der Waals surface area contributed by atoms with E-state index in [1.54, 1.807) is 26.8 Å². The molecule has 0 radical (unpaired) electrons. The zero-order valence-electron chi connectivity index (χ0n) is 17.0. The number of amides is 2. The van der Waals surface area contributed by atoms with E-state index in [0.717, 1.165) is 4.90 Å². The minimum absolute atomic E-state index is 0.0159. The van der Waals surface area contributed by atoms with Crippen molar-refractivity contribution in [3.63, 3.8) is 0 Å². The molecule has 11 nitrogen and oxygen atoms in total. The Morgan fingerprint density at radius 3 is 2.37 bits per heavy atom. The second-order valence-electron chi connectivity index (χ2n) is 7.34. The maximum Gasteiger partial charge on any atom is 0.410 e. The standard InChI is InChI=1S/C18H24N6O5S/c1-18(2,3)29-17(26)24(4)11-15(25)23-16-20-10-9-14(22-16)21-12-5-7-13(8-6-12)30(19,27)28/h5-10H,11H2,1-4H3,(H2,19,27,28)(H2,20,21,22,23,25). The highest BCUT2D eigenvalue weighted by Crippen LogP contribution is 2.17. The molecule has 2 rings (SSSR count). The summed E-state index contributed by atoms with van der Waals surface area (Å²) in [5.74, 6) is -0.106. The molecule has 0 saturated heterocycles. The molecular formula is C18H24N6O5S. The minimum atomic E-state index is -3.78. The number of hydrogen-bond donors (Lipinski definition) is 3. The molecule has 1 heterocycles. The van der Waals surface area contributed by atoms with Crippen LogP contribution < -0.4 is 15.8 Å². The molecule has 4 N–H and O–H groups in total. The average molecular weight is 436 g/mol. The van der Waals surface area contributed by atoms with Gasteiger partial charge in [-0.15, -0.1) is 0 Å². The Labute approximate surface area is 174 Å². The van der Waals surface area contributed by atoms with Gasteiger partial charge in [-0.05, 0) is 51.1 Å². The number of aromatic nitrogens is 2. The lowest BCUT2D eigenvalue weighted by Gasteiger charge is -2.24. The smallest absolute Gasteiger partial charge is 0.410 e. The predicted molar refractivity (Wildman–Crippen MR) is 111 cm³/mol. The van der Waals surface area contributed by atoms with Gasteiger partial charge in [-0.1, -0.05) is 0 Å². The van der Waals surface area contributed by atoms with Crippen molar-refractivity contribution in [2.24, 2.45) is 5.14 Å². The van der Waals surface area contributed by atoms with Crippen LogP contribution in [0.15, 0.2) is 41.4 Å². The molecular weight excluding hydrogens is 412 g/mol. The van der Waals surface area contributed by atoms with Crippen LogP contribution in [-0.2, 0) is 19.6 Å². The molecule has 2 aromatic rings. The van der Waals surface area contributed by atoms with Gasteiger partial charge in [0.05, 0.1) is 4.90 Å². The summed E-state index contributed by atoms with van der Waals surface area (Å²) in [4.78, 5) is 33.3. The monoisotopic (exact) mass is 436 g/mol. The van der Waals surface area contributed by atoms with Gasteiger partial charge in [0.1, 0.15) is 18.0 Å². The number of nitrogens with two attached hydrogens (primary N) is 1. The summed E-state index contributed by atoms with van der Waals surface area (Å²) in [6.45, 7) is 4.94. The fourth-order valence-electron chi connectivity index (χ4n) is 2.15. The zero-order valence-corrected chi connectivity index (χ0v) is 17.9. The van der Waals surface area contributed by atoms with E-state index in [1.165, 1.54) is 37.5 Å². The Hall–Kier alpha value is -3.25. The van der Waals surface area contributed by atoms with Gasteiger partial charge in [-0.3, -0.25) is 10.1 Å². The zero-order chi connectivity index (χ0) is 22.5. The lowest BCUT2D eigenvalue weighted by atomic mass is 10.2. The summed E-state index contributed by atoms with van der Waals surface area (Å²) in [5.41, 5.74) is -0.111. The van der Waals surface area contributed by atoms with Crippen molar-refractivity contribution < 1.29 is 22.7 Å². The first-order chi connectivity index (χ1) is 13.8. The van der Waals surface area contributed by atoms with Gasteiger partial charge in [-0.2, -0.15) is 4.98 Å². The number of carbonyl (C=O) groups is 2. The lowest BCUT2D eigenvalue weighted by Crippen LogP contribution is -2.39. The third-order valence-electron chi connectivity index (χ3n) is 3.45. The van der Waals surface area contributed by atoms with Crippen molar-refractivity contribution in [1.29, 1.82) is 0 Å². The fraction of sp³-hybridized carbons (Fsp3) is 0.333. The highest BCUT2D eigenvalue weighted by Gasteiger charge is 2.21. The summed E-state index contributed by atoms with van der Waals surface area (Å²) in [7, 11) is -2.33. The van der Waals surface area contributed by atoms with Crippen LogP contribution in [0.25, 0.3) is 0 Å². The predicted octanol–water partition coefficient (Wildman–Crippen LogP) is 1.67. The molecule has 0 bridgehead atoms. The van der Waals surface area contributed by atoms with Gasteiger partial charge in [0.15, 0.2) is 0 Å². The second-order valence-corrected chi connectivity index (χ2v) is 8.91. The van der Waals surface area contributed by atoms with Crippen LogP contribution in [-0.4, -0.2) is 54.5 Å². The fourth-order valence-corrected chi connectivity index (χ4v) is 2.66. The third-order valence-corrected chi connectivity index (χ3v) is 4.38. The third kappa shape index (κ3) is 7.29. The van der Waals surface area contributed by atoms with Gasteiger partial charge in [0.25, 0.3) is 0 Å². The number of nitrogens with one attached hydrogen (secondary N) is 2. The molecule has 2 amide bonds. The second kappa shape index (κ2) is 9.05. The van der Waals surface area contributed by atoms with Gasteiger partial charge >= 0.3 is 6.09 Å². The Morgan fingerprint density at radius 1 is 1.17 bits per heavy atom. The Kier molecular flexibility index (Phi) is 6.95. The summed E-state index contributed by atoms with van der Waals surface area (Å²) < 4.78 is 27.8. The first-order valence-electron chi connectivity index (χ1n) is 8.80. The molecule has 30 heavy (non-hydrogen) atoms. The molecule has 0 aliphatic carbocycles. The SMILES string of the molecule is CN(CC(=O)Nc1nccc(Nc2ccc(S(N)(=O)=O)cc2)n1)C(=O)OC(C)(C)C.